The highest BCUT2D eigenvalue weighted by atomic mass is 32.2. The Hall–Kier alpha value is -3.35. The molecule has 30 heavy (non-hydrogen) atoms. The number of nitrogens with zero attached hydrogens (tertiary/aromatic N) is 2. The molecule has 0 spiro atoms. The number of benzene rings is 2. The molecule has 2 aromatic carbocycles. The van der Waals surface area contributed by atoms with Gasteiger partial charge in [-0.25, -0.2) is 8.42 Å². The number of nitrogens with one attached hydrogen (secondary N) is 1. The Bertz CT molecular complexity index is 1060. The lowest BCUT2D eigenvalue weighted by Crippen LogP contribution is -2.38. The Morgan fingerprint density at radius 3 is 2.30 bits per heavy atom. The van der Waals surface area contributed by atoms with Crippen LogP contribution < -0.4 is 14.4 Å². The van der Waals surface area contributed by atoms with Crippen LogP contribution in [0.1, 0.15) is 5.56 Å². The van der Waals surface area contributed by atoms with Crippen molar-refractivity contribution in [3.05, 3.63) is 58.1 Å². The summed E-state index contributed by atoms with van der Waals surface area (Å²) in [5, 5.41) is 13.4. The van der Waals surface area contributed by atoms with Gasteiger partial charge >= 0.3 is 6.36 Å². The van der Waals surface area contributed by atoms with Gasteiger partial charge in [-0.2, -0.15) is 0 Å². The standard InChI is InChI=1S/C17H16F3N3O6S/c1-11-14(4-3-5-15(11)23(25)26)22(30(2,27)28)10-16(24)21-12-6-8-13(9-7-12)29-17(18,19)20/h3-9H,10H2,1-2H3,(H,21,24). The van der Waals surface area contributed by atoms with E-state index in [2.05, 4.69) is 10.1 Å². The van der Waals surface area contributed by atoms with Gasteiger partial charge in [0.25, 0.3) is 5.69 Å². The number of alkyl halides is 3. The van der Waals surface area contributed by atoms with Crippen LogP contribution in [0.5, 0.6) is 5.75 Å². The molecule has 0 bridgehead atoms. The van der Waals surface area contributed by atoms with Crippen molar-refractivity contribution in [3.63, 3.8) is 0 Å². The van der Waals surface area contributed by atoms with Crippen molar-refractivity contribution in [1.29, 1.82) is 0 Å². The van der Waals surface area contributed by atoms with Crippen molar-refractivity contribution < 1.29 is 36.0 Å². The van der Waals surface area contributed by atoms with Crippen LogP contribution in [0, 0.1) is 17.0 Å². The number of halogens is 3. The Balaban J connectivity index is 2.22. The first kappa shape index (κ1) is 22.9. The Morgan fingerprint density at radius 1 is 1.20 bits per heavy atom. The molecule has 2 rings (SSSR count). The molecular formula is C17H16F3N3O6S. The molecule has 1 amide bonds. The van der Waals surface area contributed by atoms with E-state index in [0.29, 0.717) is 4.31 Å². The zero-order valence-corrected chi connectivity index (χ0v) is 16.5. The second kappa shape index (κ2) is 8.57. The number of ether oxygens (including phenoxy) is 1. The fourth-order valence-electron chi connectivity index (χ4n) is 2.53. The molecule has 1 N–H and O–H groups in total. The van der Waals surface area contributed by atoms with Crippen molar-refractivity contribution in [2.24, 2.45) is 0 Å². The smallest absolute Gasteiger partial charge is 0.406 e. The van der Waals surface area contributed by atoms with Crippen molar-refractivity contribution in [3.8, 4) is 5.75 Å². The quantitative estimate of drug-likeness (QED) is 0.514. The number of sulfonamides is 1. The third-order valence-electron chi connectivity index (χ3n) is 3.80. The van der Waals surface area contributed by atoms with E-state index in [4.69, 9.17) is 0 Å². The average Bonchev–Trinajstić information content (AvgIpc) is 2.59. The van der Waals surface area contributed by atoms with E-state index in [1.54, 1.807) is 0 Å². The summed E-state index contributed by atoms with van der Waals surface area (Å²) in [6.07, 6.45) is -4.03. The van der Waals surface area contributed by atoms with Gasteiger partial charge in [-0.05, 0) is 37.3 Å². The normalized spacial score (nSPS) is 11.6. The summed E-state index contributed by atoms with van der Waals surface area (Å²) in [7, 11) is -3.99. The van der Waals surface area contributed by atoms with Gasteiger partial charge < -0.3 is 10.1 Å². The maximum Gasteiger partial charge on any atom is 0.573 e. The van der Waals surface area contributed by atoms with E-state index in [9.17, 15) is 36.5 Å². The van der Waals surface area contributed by atoms with Gasteiger partial charge in [-0.15, -0.1) is 13.2 Å². The fraction of sp³-hybridized carbons (Fsp3) is 0.235. The number of anilines is 2. The molecule has 0 saturated carbocycles. The van der Waals surface area contributed by atoms with E-state index in [0.717, 1.165) is 30.5 Å². The van der Waals surface area contributed by atoms with Gasteiger partial charge in [0.1, 0.15) is 12.3 Å². The number of rotatable bonds is 7. The van der Waals surface area contributed by atoms with Crippen LogP contribution in [-0.2, 0) is 14.8 Å². The monoisotopic (exact) mass is 447 g/mol. The maximum absolute atomic E-state index is 12.3. The van der Waals surface area contributed by atoms with Gasteiger partial charge in [0.05, 0.1) is 22.4 Å². The van der Waals surface area contributed by atoms with E-state index in [1.165, 1.54) is 25.1 Å². The molecule has 0 aliphatic heterocycles. The third kappa shape index (κ3) is 6.07. The molecular weight excluding hydrogens is 431 g/mol. The third-order valence-corrected chi connectivity index (χ3v) is 4.93. The number of nitro benzene ring substituents is 1. The predicted molar refractivity (Wildman–Crippen MR) is 102 cm³/mol. The Kier molecular flexibility index (Phi) is 6.55. The SMILES string of the molecule is Cc1c(N(CC(=O)Nc2ccc(OC(F)(F)F)cc2)S(C)(=O)=O)cccc1[N+](=O)[O-]. The fourth-order valence-corrected chi connectivity index (χ4v) is 3.44. The van der Waals surface area contributed by atoms with Gasteiger partial charge in [0.15, 0.2) is 0 Å². The number of carbonyl (C=O) groups is 1. The van der Waals surface area contributed by atoms with E-state index in [1.807, 2.05) is 0 Å². The van der Waals surface area contributed by atoms with Crippen molar-refractivity contribution >= 4 is 33.0 Å². The highest BCUT2D eigenvalue weighted by Gasteiger charge is 2.31. The van der Waals surface area contributed by atoms with Gasteiger partial charge in [-0.3, -0.25) is 19.2 Å². The minimum absolute atomic E-state index is 0.0456. The molecule has 9 nitrogen and oxygen atoms in total. The summed E-state index contributed by atoms with van der Waals surface area (Å²) in [5.41, 5.74) is -0.217. The van der Waals surface area contributed by atoms with E-state index < -0.39 is 39.5 Å². The molecule has 0 aliphatic carbocycles. The Morgan fingerprint density at radius 2 is 1.80 bits per heavy atom. The number of hydrogen-bond acceptors (Lipinski definition) is 6. The van der Waals surface area contributed by atoms with E-state index in [-0.39, 0.29) is 22.6 Å². The minimum atomic E-state index is -4.86. The lowest BCUT2D eigenvalue weighted by Gasteiger charge is -2.23. The summed E-state index contributed by atoms with van der Waals surface area (Å²) >= 11 is 0. The highest BCUT2D eigenvalue weighted by molar-refractivity contribution is 7.92. The molecule has 2 aromatic rings. The van der Waals surface area contributed by atoms with Gasteiger partial charge in [0, 0.05) is 11.8 Å². The Labute approximate surface area is 169 Å². The van der Waals surface area contributed by atoms with Gasteiger partial charge in [-0.1, -0.05) is 6.07 Å². The summed E-state index contributed by atoms with van der Waals surface area (Å²) in [4.78, 5) is 22.7. The molecule has 0 heterocycles. The second-order valence-electron chi connectivity index (χ2n) is 6.07. The van der Waals surface area contributed by atoms with Gasteiger partial charge in [0.2, 0.25) is 15.9 Å². The highest BCUT2D eigenvalue weighted by Crippen LogP contribution is 2.30. The lowest BCUT2D eigenvalue weighted by molar-refractivity contribution is -0.385. The molecule has 13 heteroatoms. The molecule has 0 aliphatic rings. The number of hydrogen-bond donors (Lipinski definition) is 1. The summed E-state index contributed by atoms with van der Waals surface area (Å²) in [6.45, 7) is 0.643. The molecule has 162 valence electrons. The number of carbonyl (C=O) groups excluding carboxylic acids is 1. The largest absolute Gasteiger partial charge is 0.573 e. The van der Waals surface area contributed by atoms with Crippen molar-refractivity contribution in [2.45, 2.75) is 13.3 Å². The molecule has 0 saturated heterocycles. The first-order chi connectivity index (χ1) is 13.8. The second-order valence-corrected chi connectivity index (χ2v) is 7.98. The van der Waals surface area contributed by atoms with Crippen LogP contribution in [0.25, 0.3) is 0 Å². The van der Waals surface area contributed by atoms with E-state index >= 15 is 0 Å². The van der Waals surface area contributed by atoms with Crippen molar-refractivity contribution in [2.75, 3.05) is 22.4 Å². The van der Waals surface area contributed by atoms with Crippen LogP contribution in [0.4, 0.5) is 30.2 Å². The van der Waals surface area contributed by atoms with Crippen LogP contribution in [0.3, 0.4) is 0 Å². The summed E-state index contributed by atoms with van der Waals surface area (Å²) < 4.78 is 65.3. The predicted octanol–water partition coefficient (Wildman–Crippen LogP) is 3.21. The minimum Gasteiger partial charge on any atom is -0.406 e. The first-order valence-corrected chi connectivity index (χ1v) is 10.00. The first-order valence-electron chi connectivity index (χ1n) is 8.15. The van der Waals surface area contributed by atoms with Crippen molar-refractivity contribution in [1.82, 2.24) is 0 Å². The zero-order chi connectivity index (χ0) is 22.7. The zero-order valence-electron chi connectivity index (χ0n) is 15.6. The average molecular weight is 447 g/mol. The molecule has 0 aromatic heterocycles. The van der Waals surface area contributed by atoms with Crippen LogP contribution in [0.15, 0.2) is 42.5 Å². The maximum atomic E-state index is 12.3. The summed E-state index contributed by atoms with van der Waals surface area (Å²) in [6, 6.07) is 8.04. The molecule has 0 atom stereocenters. The van der Waals surface area contributed by atoms with Crippen LogP contribution in [-0.4, -0.2) is 38.4 Å². The molecule has 0 fully saturated rings. The topological polar surface area (TPSA) is 119 Å². The summed E-state index contributed by atoms with van der Waals surface area (Å²) in [5.74, 6) is -1.30. The molecule has 0 radical (unpaired) electrons. The number of amides is 1. The van der Waals surface area contributed by atoms with Crippen LogP contribution >= 0.6 is 0 Å². The van der Waals surface area contributed by atoms with Crippen LogP contribution in [0.2, 0.25) is 0 Å². The lowest BCUT2D eigenvalue weighted by atomic mass is 10.1. The molecule has 0 unspecified atom stereocenters. The number of nitro groups is 1.